The van der Waals surface area contributed by atoms with Crippen LogP contribution in [0.2, 0.25) is 0 Å². The fourth-order valence-electron chi connectivity index (χ4n) is 0.861. The Kier molecular flexibility index (Phi) is 1.79. The first-order chi connectivity index (χ1) is 4.93. The van der Waals surface area contributed by atoms with Crippen molar-refractivity contribution in [3.63, 3.8) is 0 Å². The Bertz CT molecular complexity index is 186. The lowest BCUT2D eigenvalue weighted by atomic mass is 10.4. The van der Waals surface area contributed by atoms with Crippen molar-refractivity contribution in [3.8, 4) is 0 Å². The van der Waals surface area contributed by atoms with Crippen molar-refractivity contribution in [1.29, 1.82) is 0 Å². The largest absolute Gasteiger partial charge is 0.449 e. The van der Waals surface area contributed by atoms with E-state index in [-0.39, 0.29) is 6.54 Å². The Morgan fingerprint density at radius 2 is 2.18 bits per heavy atom. The summed E-state index contributed by atoms with van der Waals surface area (Å²) in [6.07, 6.45) is -5.00. The van der Waals surface area contributed by atoms with Crippen LogP contribution in [0.4, 0.5) is 13.2 Å². The first kappa shape index (κ1) is 8.32. The number of hydrogen-bond donors (Lipinski definition) is 1. The molecule has 0 aliphatic carbocycles. The lowest BCUT2D eigenvalue weighted by Gasteiger charge is -2.20. The number of rotatable bonds is 0. The number of halogens is 3. The molecule has 0 saturated carbocycles. The summed E-state index contributed by atoms with van der Waals surface area (Å²) in [5, 5.41) is 0. The van der Waals surface area contributed by atoms with E-state index in [0.29, 0.717) is 0 Å². The maximum Gasteiger partial charge on any atom is 0.449 e. The Labute approximate surface area is 61.7 Å². The minimum Gasteiger partial charge on any atom is -0.339 e. The van der Waals surface area contributed by atoms with Gasteiger partial charge in [0.05, 0.1) is 12.7 Å². The average Bonchev–Trinajstić information content (AvgIpc) is 2.11. The van der Waals surface area contributed by atoms with Gasteiger partial charge in [0.2, 0.25) is 5.84 Å². The molecule has 0 saturated heterocycles. The predicted molar refractivity (Wildman–Crippen MR) is 34.1 cm³/mol. The molecule has 0 aromatic rings. The highest BCUT2D eigenvalue weighted by atomic mass is 19.4. The molecular formula is C5H8F3N3. The summed E-state index contributed by atoms with van der Waals surface area (Å²) in [6, 6.07) is 0. The molecule has 0 radical (unpaired) electrons. The smallest absolute Gasteiger partial charge is 0.339 e. The topological polar surface area (TPSA) is 41.6 Å². The van der Waals surface area contributed by atoms with E-state index in [9.17, 15) is 13.2 Å². The van der Waals surface area contributed by atoms with Crippen molar-refractivity contribution in [2.45, 2.75) is 12.3 Å². The van der Waals surface area contributed by atoms with Crippen molar-refractivity contribution in [1.82, 2.24) is 4.90 Å². The van der Waals surface area contributed by atoms with E-state index in [1.165, 1.54) is 7.05 Å². The van der Waals surface area contributed by atoms with E-state index in [1.54, 1.807) is 0 Å². The molecule has 1 aliphatic rings. The molecule has 3 nitrogen and oxygen atoms in total. The lowest BCUT2D eigenvalue weighted by Crippen LogP contribution is -2.44. The van der Waals surface area contributed by atoms with Gasteiger partial charge in [0.15, 0.2) is 0 Å². The second kappa shape index (κ2) is 2.37. The maximum absolute atomic E-state index is 12.0. The van der Waals surface area contributed by atoms with Crippen molar-refractivity contribution in [3.05, 3.63) is 0 Å². The van der Waals surface area contributed by atoms with Crippen LogP contribution in [0.3, 0.4) is 0 Å². The summed E-state index contributed by atoms with van der Waals surface area (Å²) in [5.74, 6) is -0.884. The van der Waals surface area contributed by atoms with Crippen molar-refractivity contribution in [2.24, 2.45) is 10.7 Å². The SMILES string of the molecule is CN1C(C(F)(F)F)=NCC1N. The first-order valence-electron chi connectivity index (χ1n) is 3.03. The molecule has 0 amide bonds. The van der Waals surface area contributed by atoms with Gasteiger partial charge >= 0.3 is 6.18 Å². The highest BCUT2D eigenvalue weighted by Crippen LogP contribution is 2.22. The van der Waals surface area contributed by atoms with Gasteiger partial charge in [-0.2, -0.15) is 13.2 Å². The molecule has 0 aromatic heterocycles. The molecule has 1 rings (SSSR count). The van der Waals surface area contributed by atoms with Gasteiger partial charge in [-0.25, -0.2) is 0 Å². The van der Waals surface area contributed by atoms with Crippen LogP contribution in [0.1, 0.15) is 0 Å². The molecule has 1 atom stereocenters. The van der Waals surface area contributed by atoms with Crippen molar-refractivity contribution in [2.75, 3.05) is 13.6 Å². The molecule has 0 spiro atoms. The van der Waals surface area contributed by atoms with Gasteiger partial charge in [-0.05, 0) is 0 Å². The minimum absolute atomic E-state index is 0.0192. The molecule has 11 heavy (non-hydrogen) atoms. The summed E-state index contributed by atoms with van der Waals surface area (Å²) >= 11 is 0. The molecule has 6 heteroatoms. The molecule has 64 valence electrons. The number of amidine groups is 1. The van der Waals surface area contributed by atoms with Crippen LogP contribution in [-0.2, 0) is 0 Å². The van der Waals surface area contributed by atoms with Crippen LogP contribution in [-0.4, -0.2) is 36.7 Å². The summed E-state index contributed by atoms with van der Waals surface area (Å²) < 4.78 is 35.9. The van der Waals surface area contributed by atoms with Crippen molar-refractivity contribution >= 4 is 5.84 Å². The van der Waals surface area contributed by atoms with E-state index in [2.05, 4.69) is 4.99 Å². The van der Waals surface area contributed by atoms with Gasteiger partial charge in [-0.15, -0.1) is 0 Å². The predicted octanol–water partition coefficient (Wildman–Crippen LogP) is 0.177. The highest BCUT2D eigenvalue weighted by molar-refractivity contribution is 5.88. The van der Waals surface area contributed by atoms with E-state index in [0.717, 1.165) is 4.90 Å². The number of likely N-dealkylation sites (N-methyl/N-ethyl adjacent to an activating group) is 1. The third-order valence-corrected chi connectivity index (χ3v) is 1.51. The van der Waals surface area contributed by atoms with Gasteiger partial charge < -0.3 is 10.6 Å². The zero-order valence-corrected chi connectivity index (χ0v) is 5.89. The molecule has 1 heterocycles. The molecule has 1 aliphatic heterocycles. The fourth-order valence-corrected chi connectivity index (χ4v) is 0.861. The quantitative estimate of drug-likeness (QED) is 0.559. The third kappa shape index (κ3) is 1.45. The monoisotopic (exact) mass is 167 g/mol. The standard InChI is InChI=1S/C5H8F3N3/c1-11-3(9)2-10-4(11)5(6,7)8/h3H,2,9H2,1H3. The van der Waals surface area contributed by atoms with Crippen molar-refractivity contribution < 1.29 is 13.2 Å². The maximum atomic E-state index is 12.0. The van der Waals surface area contributed by atoms with Gasteiger partial charge in [0.25, 0.3) is 0 Å². The van der Waals surface area contributed by atoms with Crippen LogP contribution in [0.5, 0.6) is 0 Å². The van der Waals surface area contributed by atoms with Gasteiger partial charge in [0, 0.05) is 7.05 Å². The van der Waals surface area contributed by atoms with Crippen LogP contribution < -0.4 is 5.73 Å². The minimum atomic E-state index is -4.37. The van der Waals surface area contributed by atoms with E-state index < -0.39 is 18.2 Å². The number of nitrogens with two attached hydrogens (primary N) is 1. The summed E-state index contributed by atoms with van der Waals surface area (Å²) in [6.45, 7) is 0.0192. The Balaban J connectivity index is 2.76. The van der Waals surface area contributed by atoms with Gasteiger partial charge in [-0.3, -0.25) is 4.99 Å². The average molecular weight is 167 g/mol. The fraction of sp³-hybridized carbons (Fsp3) is 0.800. The first-order valence-corrected chi connectivity index (χ1v) is 3.03. The summed E-state index contributed by atoms with van der Waals surface area (Å²) in [4.78, 5) is 4.19. The Morgan fingerprint density at radius 3 is 2.36 bits per heavy atom. The Morgan fingerprint density at radius 1 is 1.64 bits per heavy atom. The van der Waals surface area contributed by atoms with E-state index in [1.807, 2.05) is 0 Å². The molecule has 0 bridgehead atoms. The van der Waals surface area contributed by atoms with Gasteiger partial charge in [0.1, 0.15) is 0 Å². The molecule has 0 fully saturated rings. The zero-order chi connectivity index (χ0) is 8.65. The van der Waals surface area contributed by atoms with E-state index >= 15 is 0 Å². The zero-order valence-electron chi connectivity index (χ0n) is 5.89. The third-order valence-electron chi connectivity index (χ3n) is 1.51. The summed E-state index contributed by atoms with van der Waals surface area (Å²) in [5.41, 5.74) is 5.28. The lowest BCUT2D eigenvalue weighted by molar-refractivity contribution is -0.0673. The van der Waals surface area contributed by atoms with Crippen LogP contribution in [0, 0.1) is 0 Å². The molecule has 1 unspecified atom stereocenters. The normalized spacial score (nSPS) is 25.7. The van der Waals surface area contributed by atoms with E-state index in [4.69, 9.17) is 5.73 Å². The molecule has 0 aromatic carbocycles. The van der Waals surface area contributed by atoms with Crippen LogP contribution >= 0.6 is 0 Å². The molecular weight excluding hydrogens is 159 g/mol. The summed E-state index contributed by atoms with van der Waals surface area (Å²) in [7, 11) is 1.28. The van der Waals surface area contributed by atoms with Gasteiger partial charge in [-0.1, -0.05) is 0 Å². The Hall–Kier alpha value is -0.780. The van der Waals surface area contributed by atoms with Crippen LogP contribution in [0.15, 0.2) is 4.99 Å². The second-order valence-electron chi connectivity index (χ2n) is 2.34. The van der Waals surface area contributed by atoms with Crippen LogP contribution in [0.25, 0.3) is 0 Å². The molecule has 2 N–H and O–H groups in total. The second-order valence-corrected chi connectivity index (χ2v) is 2.34. The number of nitrogens with zero attached hydrogens (tertiary/aromatic N) is 2. The number of alkyl halides is 3. The number of aliphatic imine (C=N–C) groups is 1. The highest BCUT2D eigenvalue weighted by Gasteiger charge is 2.42. The number of hydrogen-bond acceptors (Lipinski definition) is 3.